The van der Waals surface area contributed by atoms with Gasteiger partial charge < -0.3 is 4.74 Å². The van der Waals surface area contributed by atoms with E-state index in [2.05, 4.69) is 10.5 Å². The second-order valence-corrected chi connectivity index (χ2v) is 6.22. The van der Waals surface area contributed by atoms with Crippen molar-refractivity contribution in [2.75, 3.05) is 12.5 Å². The van der Waals surface area contributed by atoms with Crippen LogP contribution in [0.1, 0.15) is 5.56 Å². The summed E-state index contributed by atoms with van der Waals surface area (Å²) in [6, 6.07) is 23.7. The van der Waals surface area contributed by atoms with Crippen molar-refractivity contribution in [2.45, 2.75) is 0 Å². The molecule has 0 aliphatic rings. The highest BCUT2D eigenvalue weighted by Gasteiger charge is 2.06. The van der Waals surface area contributed by atoms with Crippen LogP contribution in [-0.2, 0) is 0 Å². The molecule has 0 saturated heterocycles. The van der Waals surface area contributed by atoms with E-state index in [0.29, 0.717) is 0 Å². The van der Waals surface area contributed by atoms with E-state index in [4.69, 9.17) is 9.72 Å². The molecule has 1 aromatic heterocycles. The maximum absolute atomic E-state index is 13.3. The Balaban J connectivity index is 1.67. The number of nitrogens with zero attached hydrogens (tertiary/aromatic N) is 2. The van der Waals surface area contributed by atoms with E-state index >= 15 is 0 Å². The molecule has 0 amide bonds. The fraction of sp³-hybridized carbons (Fsp3) is 0.0435. The van der Waals surface area contributed by atoms with Crippen LogP contribution in [-0.4, -0.2) is 18.3 Å². The molecule has 0 aliphatic carbocycles. The first-order valence-electron chi connectivity index (χ1n) is 8.82. The third-order valence-electron chi connectivity index (χ3n) is 4.38. The standard InChI is InChI=1S/C23H18FN3O/c1-28-20-12-10-19(11-13-20)27-25-15-17-14-23(16-6-8-18(24)9-7-16)26-22-5-3-2-4-21(17)22/h2-15,27H,1H3/b25-15+. The van der Waals surface area contributed by atoms with E-state index in [1.165, 1.54) is 12.1 Å². The molecule has 0 spiro atoms. The average molecular weight is 371 g/mol. The first-order valence-corrected chi connectivity index (χ1v) is 8.82. The highest BCUT2D eigenvalue weighted by atomic mass is 19.1. The summed E-state index contributed by atoms with van der Waals surface area (Å²) in [5, 5.41) is 5.36. The van der Waals surface area contributed by atoms with Crippen LogP contribution in [0.5, 0.6) is 5.75 Å². The smallest absolute Gasteiger partial charge is 0.123 e. The molecular weight excluding hydrogens is 353 g/mol. The summed E-state index contributed by atoms with van der Waals surface area (Å²) >= 11 is 0. The third-order valence-corrected chi connectivity index (χ3v) is 4.38. The molecule has 28 heavy (non-hydrogen) atoms. The van der Waals surface area contributed by atoms with Crippen molar-refractivity contribution < 1.29 is 9.13 Å². The SMILES string of the molecule is COc1ccc(N/N=C/c2cc(-c3ccc(F)cc3)nc3ccccc23)cc1. The van der Waals surface area contributed by atoms with Crippen molar-refractivity contribution in [2.24, 2.45) is 5.10 Å². The maximum atomic E-state index is 13.3. The molecule has 0 unspecified atom stereocenters. The van der Waals surface area contributed by atoms with E-state index in [9.17, 15) is 4.39 Å². The molecule has 0 bridgehead atoms. The highest BCUT2D eigenvalue weighted by Crippen LogP contribution is 2.24. The quantitative estimate of drug-likeness (QED) is 0.372. The lowest BCUT2D eigenvalue weighted by Crippen LogP contribution is -1.95. The second kappa shape index (κ2) is 7.88. The predicted molar refractivity (Wildman–Crippen MR) is 111 cm³/mol. The molecule has 5 heteroatoms. The molecule has 4 aromatic rings. The van der Waals surface area contributed by atoms with Crippen molar-refractivity contribution in [3.05, 3.63) is 90.2 Å². The lowest BCUT2D eigenvalue weighted by Gasteiger charge is -2.07. The first-order chi connectivity index (χ1) is 13.7. The number of rotatable bonds is 5. The van der Waals surface area contributed by atoms with Crippen LogP contribution in [0.25, 0.3) is 22.2 Å². The topological polar surface area (TPSA) is 46.5 Å². The number of anilines is 1. The van der Waals surface area contributed by atoms with Crippen LogP contribution in [0, 0.1) is 5.82 Å². The predicted octanol–water partition coefficient (Wildman–Crippen LogP) is 5.50. The van der Waals surface area contributed by atoms with Gasteiger partial charge in [0.05, 0.1) is 30.2 Å². The van der Waals surface area contributed by atoms with E-state index in [-0.39, 0.29) is 5.82 Å². The fourth-order valence-corrected chi connectivity index (χ4v) is 2.92. The van der Waals surface area contributed by atoms with Crippen molar-refractivity contribution in [1.29, 1.82) is 0 Å². The van der Waals surface area contributed by atoms with Crippen LogP contribution >= 0.6 is 0 Å². The zero-order valence-corrected chi connectivity index (χ0v) is 15.3. The van der Waals surface area contributed by atoms with Gasteiger partial charge in [0.1, 0.15) is 11.6 Å². The van der Waals surface area contributed by atoms with Crippen molar-refractivity contribution in [3.63, 3.8) is 0 Å². The van der Waals surface area contributed by atoms with Gasteiger partial charge in [0.15, 0.2) is 0 Å². The number of hydrogen-bond acceptors (Lipinski definition) is 4. The Bertz CT molecular complexity index is 1120. The number of ether oxygens (including phenoxy) is 1. The summed E-state index contributed by atoms with van der Waals surface area (Å²) < 4.78 is 18.4. The average Bonchev–Trinajstić information content (AvgIpc) is 2.74. The Hall–Kier alpha value is -3.73. The number of para-hydroxylation sites is 1. The zero-order chi connectivity index (χ0) is 19.3. The van der Waals surface area contributed by atoms with E-state index in [1.54, 1.807) is 25.5 Å². The van der Waals surface area contributed by atoms with Gasteiger partial charge in [-0.3, -0.25) is 5.43 Å². The normalized spacial score (nSPS) is 11.1. The molecular formula is C23H18FN3O. The lowest BCUT2D eigenvalue weighted by molar-refractivity contribution is 0.415. The number of aromatic nitrogens is 1. The minimum atomic E-state index is -0.269. The number of pyridine rings is 1. The third kappa shape index (κ3) is 3.83. The lowest BCUT2D eigenvalue weighted by atomic mass is 10.0. The monoisotopic (exact) mass is 371 g/mol. The van der Waals surface area contributed by atoms with Gasteiger partial charge in [0, 0.05) is 16.5 Å². The molecule has 0 atom stereocenters. The summed E-state index contributed by atoms with van der Waals surface area (Å²) in [4.78, 5) is 4.70. The Morgan fingerprint density at radius 2 is 1.71 bits per heavy atom. The van der Waals surface area contributed by atoms with E-state index in [0.717, 1.165) is 39.2 Å². The Morgan fingerprint density at radius 1 is 0.964 bits per heavy atom. The van der Waals surface area contributed by atoms with Gasteiger partial charge in [-0.1, -0.05) is 18.2 Å². The summed E-state index contributed by atoms with van der Waals surface area (Å²) in [7, 11) is 1.63. The summed E-state index contributed by atoms with van der Waals surface area (Å²) in [5.74, 6) is 0.522. The van der Waals surface area contributed by atoms with Gasteiger partial charge in [-0.15, -0.1) is 0 Å². The number of hydrazone groups is 1. The van der Waals surface area contributed by atoms with Gasteiger partial charge in [0.2, 0.25) is 0 Å². The Kier molecular flexibility index (Phi) is 4.97. The first kappa shape index (κ1) is 17.7. The molecule has 138 valence electrons. The zero-order valence-electron chi connectivity index (χ0n) is 15.3. The second-order valence-electron chi connectivity index (χ2n) is 6.22. The van der Waals surface area contributed by atoms with Crippen molar-refractivity contribution in [1.82, 2.24) is 4.98 Å². The number of fused-ring (bicyclic) bond motifs is 1. The molecule has 0 aliphatic heterocycles. The highest BCUT2D eigenvalue weighted by molar-refractivity contribution is 6.00. The molecule has 1 heterocycles. The number of halogens is 1. The van der Waals surface area contributed by atoms with Gasteiger partial charge >= 0.3 is 0 Å². The van der Waals surface area contributed by atoms with Gasteiger partial charge in [-0.25, -0.2) is 9.37 Å². The molecule has 1 N–H and O–H groups in total. The number of benzene rings is 3. The van der Waals surface area contributed by atoms with Crippen LogP contribution < -0.4 is 10.2 Å². The van der Waals surface area contributed by atoms with E-state index in [1.807, 2.05) is 54.6 Å². The van der Waals surface area contributed by atoms with Gasteiger partial charge in [-0.05, 0) is 60.7 Å². The van der Waals surface area contributed by atoms with Gasteiger partial charge in [0.25, 0.3) is 0 Å². The minimum Gasteiger partial charge on any atom is -0.497 e. The van der Waals surface area contributed by atoms with E-state index < -0.39 is 0 Å². The molecule has 4 rings (SSSR count). The Morgan fingerprint density at radius 3 is 2.46 bits per heavy atom. The van der Waals surface area contributed by atoms with Crippen molar-refractivity contribution in [3.8, 4) is 17.0 Å². The summed E-state index contributed by atoms with van der Waals surface area (Å²) in [5.41, 5.74) is 7.27. The molecule has 3 aromatic carbocycles. The molecule has 0 saturated carbocycles. The number of nitrogens with one attached hydrogen (secondary N) is 1. The molecule has 0 fully saturated rings. The number of hydrogen-bond donors (Lipinski definition) is 1. The van der Waals surface area contributed by atoms with Crippen LogP contribution in [0.2, 0.25) is 0 Å². The maximum Gasteiger partial charge on any atom is 0.123 e. The Labute approximate surface area is 162 Å². The van der Waals surface area contributed by atoms with Crippen LogP contribution in [0.4, 0.5) is 10.1 Å². The van der Waals surface area contributed by atoms with Gasteiger partial charge in [-0.2, -0.15) is 5.10 Å². The van der Waals surface area contributed by atoms with Crippen LogP contribution in [0.3, 0.4) is 0 Å². The van der Waals surface area contributed by atoms with Crippen molar-refractivity contribution >= 4 is 22.8 Å². The molecule has 0 radical (unpaired) electrons. The largest absolute Gasteiger partial charge is 0.497 e. The fourth-order valence-electron chi connectivity index (χ4n) is 2.92. The molecule has 4 nitrogen and oxygen atoms in total. The number of methoxy groups -OCH3 is 1. The van der Waals surface area contributed by atoms with Crippen LogP contribution in [0.15, 0.2) is 84.0 Å². The minimum absolute atomic E-state index is 0.269. The summed E-state index contributed by atoms with van der Waals surface area (Å²) in [6.45, 7) is 0. The summed E-state index contributed by atoms with van der Waals surface area (Å²) in [6.07, 6.45) is 1.77.